The van der Waals surface area contributed by atoms with Crippen molar-refractivity contribution in [3.05, 3.63) is 46.6 Å². The van der Waals surface area contributed by atoms with Crippen LogP contribution in [0.15, 0.2) is 41.0 Å². The molecular weight excluding hydrogens is 292 g/mol. The largest absolute Gasteiger partial charge is 0.375 e. The van der Waals surface area contributed by atoms with Gasteiger partial charge in [0.1, 0.15) is 0 Å². The number of likely N-dealkylation sites (N-methyl/N-ethyl adjacent to an activating group) is 1. The zero-order valence-corrected chi connectivity index (χ0v) is 12.1. The fourth-order valence-electron chi connectivity index (χ4n) is 1.85. The van der Waals surface area contributed by atoms with Crippen LogP contribution in [0.4, 0.5) is 0 Å². The minimum absolute atomic E-state index is 0.0569. The molecule has 1 saturated heterocycles. The third kappa shape index (κ3) is 3.68. The van der Waals surface area contributed by atoms with Gasteiger partial charge in [0.15, 0.2) is 5.78 Å². The van der Waals surface area contributed by atoms with E-state index in [0.717, 1.165) is 36.2 Å². The summed E-state index contributed by atoms with van der Waals surface area (Å²) in [6, 6.07) is 7.44. The van der Waals surface area contributed by atoms with Gasteiger partial charge in [-0.05, 0) is 31.3 Å². The van der Waals surface area contributed by atoms with Crippen LogP contribution < -0.4 is 0 Å². The molecule has 0 aliphatic carbocycles. The van der Waals surface area contributed by atoms with Crippen molar-refractivity contribution in [2.45, 2.75) is 0 Å². The Labute approximate surface area is 116 Å². The SMILES string of the molecule is CN1CCN(C=CC(=O)c2ccc(Br)cc2)CC1. The van der Waals surface area contributed by atoms with Gasteiger partial charge in [0.05, 0.1) is 0 Å². The second kappa shape index (κ2) is 6.16. The lowest BCUT2D eigenvalue weighted by Crippen LogP contribution is -2.41. The van der Waals surface area contributed by atoms with Gasteiger partial charge in [-0.3, -0.25) is 4.79 Å². The van der Waals surface area contributed by atoms with Gasteiger partial charge in [-0.2, -0.15) is 0 Å². The number of carbonyl (C=O) groups excluding carboxylic acids is 1. The number of benzene rings is 1. The van der Waals surface area contributed by atoms with Crippen molar-refractivity contribution in [1.29, 1.82) is 0 Å². The second-order valence-electron chi connectivity index (χ2n) is 4.53. The van der Waals surface area contributed by atoms with E-state index in [-0.39, 0.29) is 5.78 Å². The van der Waals surface area contributed by atoms with Crippen LogP contribution in [-0.2, 0) is 0 Å². The Bertz CT molecular complexity index is 434. The van der Waals surface area contributed by atoms with Crippen molar-refractivity contribution in [3.8, 4) is 0 Å². The van der Waals surface area contributed by atoms with Gasteiger partial charge < -0.3 is 9.80 Å². The summed E-state index contributed by atoms with van der Waals surface area (Å²) in [6.07, 6.45) is 3.58. The predicted octanol–water partition coefficient (Wildman–Crippen LogP) is 2.39. The van der Waals surface area contributed by atoms with Crippen LogP contribution >= 0.6 is 15.9 Å². The third-order valence-corrected chi connectivity index (χ3v) is 3.63. The number of hydrogen-bond donors (Lipinski definition) is 0. The summed E-state index contributed by atoms with van der Waals surface area (Å²) in [7, 11) is 2.12. The number of nitrogens with zero attached hydrogens (tertiary/aromatic N) is 2. The average Bonchev–Trinajstić information content (AvgIpc) is 2.38. The lowest BCUT2D eigenvalue weighted by Gasteiger charge is -2.31. The van der Waals surface area contributed by atoms with E-state index in [0.29, 0.717) is 0 Å². The van der Waals surface area contributed by atoms with E-state index >= 15 is 0 Å². The Kier molecular flexibility index (Phi) is 4.55. The van der Waals surface area contributed by atoms with Crippen LogP contribution in [0, 0.1) is 0 Å². The highest BCUT2D eigenvalue weighted by Crippen LogP contribution is 2.11. The maximum atomic E-state index is 11.9. The highest BCUT2D eigenvalue weighted by Gasteiger charge is 2.10. The number of carbonyl (C=O) groups is 1. The highest BCUT2D eigenvalue weighted by atomic mass is 79.9. The van der Waals surface area contributed by atoms with Crippen molar-refractivity contribution in [2.24, 2.45) is 0 Å². The molecule has 0 saturated carbocycles. The first-order valence-corrected chi connectivity index (χ1v) is 6.85. The second-order valence-corrected chi connectivity index (χ2v) is 5.44. The molecule has 0 aromatic heterocycles. The lowest BCUT2D eigenvalue weighted by atomic mass is 10.1. The van der Waals surface area contributed by atoms with Gasteiger partial charge in [-0.1, -0.05) is 15.9 Å². The van der Waals surface area contributed by atoms with Crippen molar-refractivity contribution in [2.75, 3.05) is 33.2 Å². The molecule has 2 rings (SSSR count). The summed E-state index contributed by atoms with van der Waals surface area (Å²) in [5.41, 5.74) is 0.726. The van der Waals surface area contributed by atoms with Gasteiger partial charge in [-0.15, -0.1) is 0 Å². The fourth-order valence-corrected chi connectivity index (χ4v) is 2.12. The quantitative estimate of drug-likeness (QED) is 0.633. The van der Waals surface area contributed by atoms with Crippen LogP contribution in [0.25, 0.3) is 0 Å². The summed E-state index contributed by atoms with van der Waals surface area (Å²) in [5, 5.41) is 0. The topological polar surface area (TPSA) is 23.6 Å². The third-order valence-electron chi connectivity index (χ3n) is 3.10. The molecule has 0 unspecified atom stereocenters. The van der Waals surface area contributed by atoms with E-state index in [4.69, 9.17) is 0 Å². The molecule has 0 N–H and O–H groups in total. The van der Waals surface area contributed by atoms with E-state index in [1.165, 1.54) is 0 Å². The van der Waals surface area contributed by atoms with Crippen LogP contribution in [0.5, 0.6) is 0 Å². The van der Waals surface area contributed by atoms with Crippen LogP contribution in [0.2, 0.25) is 0 Å². The zero-order valence-electron chi connectivity index (χ0n) is 10.5. The molecule has 1 aliphatic rings. The van der Waals surface area contributed by atoms with Crippen LogP contribution in [0.3, 0.4) is 0 Å². The zero-order chi connectivity index (χ0) is 13.0. The molecular formula is C14H17BrN2O. The molecule has 3 nitrogen and oxygen atoms in total. The Morgan fingerprint density at radius 1 is 1.17 bits per heavy atom. The molecule has 18 heavy (non-hydrogen) atoms. The molecule has 1 aliphatic heterocycles. The lowest BCUT2D eigenvalue weighted by molar-refractivity contribution is 0.104. The predicted molar refractivity (Wildman–Crippen MR) is 76.7 cm³/mol. The molecule has 4 heteroatoms. The van der Waals surface area contributed by atoms with E-state index in [2.05, 4.69) is 32.8 Å². The molecule has 1 fully saturated rings. The van der Waals surface area contributed by atoms with Gasteiger partial charge in [-0.25, -0.2) is 0 Å². The van der Waals surface area contributed by atoms with Gasteiger partial charge in [0.2, 0.25) is 0 Å². The molecule has 0 bridgehead atoms. The number of allylic oxidation sites excluding steroid dienone is 1. The van der Waals surface area contributed by atoms with Crippen molar-refractivity contribution < 1.29 is 4.79 Å². The Morgan fingerprint density at radius 3 is 2.39 bits per heavy atom. The van der Waals surface area contributed by atoms with E-state index in [1.807, 2.05) is 30.5 Å². The molecule has 0 spiro atoms. The van der Waals surface area contributed by atoms with E-state index < -0.39 is 0 Å². The first-order valence-electron chi connectivity index (χ1n) is 6.06. The van der Waals surface area contributed by atoms with E-state index in [9.17, 15) is 4.79 Å². The van der Waals surface area contributed by atoms with Gasteiger partial charge in [0, 0.05) is 48.5 Å². The molecule has 0 radical (unpaired) electrons. The molecule has 0 amide bonds. The van der Waals surface area contributed by atoms with Gasteiger partial charge >= 0.3 is 0 Å². The van der Waals surface area contributed by atoms with Crippen LogP contribution in [0.1, 0.15) is 10.4 Å². The standard InChI is InChI=1S/C14H17BrN2O/c1-16-8-10-17(11-9-16)7-6-14(18)12-2-4-13(15)5-3-12/h2-7H,8-11H2,1H3. The number of hydrogen-bond acceptors (Lipinski definition) is 3. The fraction of sp³-hybridized carbons (Fsp3) is 0.357. The number of halogens is 1. The number of rotatable bonds is 3. The highest BCUT2D eigenvalue weighted by molar-refractivity contribution is 9.10. The maximum absolute atomic E-state index is 11.9. The molecule has 1 heterocycles. The number of piperazine rings is 1. The maximum Gasteiger partial charge on any atom is 0.187 e. The summed E-state index contributed by atoms with van der Waals surface area (Å²) in [6.45, 7) is 4.08. The van der Waals surface area contributed by atoms with Crippen molar-refractivity contribution in [1.82, 2.24) is 9.80 Å². The normalized spacial score (nSPS) is 17.3. The molecule has 1 aromatic carbocycles. The molecule has 0 atom stereocenters. The summed E-state index contributed by atoms with van der Waals surface area (Å²) < 4.78 is 0.988. The van der Waals surface area contributed by atoms with E-state index in [1.54, 1.807) is 6.08 Å². The Morgan fingerprint density at radius 2 is 1.78 bits per heavy atom. The first kappa shape index (κ1) is 13.3. The minimum Gasteiger partial charge on any atom is -0.375 e. The number of ketones is 1. The summed E-state index contributed by atoms with van der Waals surface area (Å²) in [5.74, 6) is 0.0569. The monoisotopic (exact) mass is 308 g/mol. The average molecular weight is 309 g/mol. The minimum atomic E-state index is 0.0569. The Hall–Kier alpha value is -1.13. The van der Waals surface area contributed by atoms with Gasteiger partial charge in [0.25, 0.3) is 0 Å². The summed E-state index contributed by atoms with van der Waals surface area (Å²) >= 11 is 3.36. The smallest absolute Gasteiger partial charge is 0.187 e. The molecule has 1 aromatic rings. The summed E-state index contributed by atoms with van der Waals surface area (Å²) in [4.78, 5) is 16.4. The molecule has 96 valence electrons. The van der Waals surface area contributed by atoms with Crippen molar-refractivity contribution in [3.63, 3.8) is 0 Å². The Balaban J connectivity index is 1.92. The first-order chi connectivity index (χ1) is 8.65. The van der Waals surface area contributed by atoms with Crippen LogP contribution in [-0.4, -0.2) is 48.8 Å². The van der Waals surface area contributed by atoms with Crippen molar-refractivity contribution >= 4 is 21.7 Å².